The van der Waals surface area contributed by atoms with Gasteiger partial charge in [0.1, 0.15) is 5.69 Å². The van der Waals surface area contributed by atoms with Gasteiger partial charge in [0.15, 0.2) is 5.65 Å². The molecule has 0 atom stereocenters. The van der Waals surface area contributed by atoms with Crippen LogP contribution in [0.1, 0.15) is 20.8 Å². The highest BCUT2D eigenvalue weighted by atomic mass is 16.5. The summed E-state index contributed by atoms with van der Waals surface area (Å²) < 4.78 is 4.74. The maximum absolute atomic E-state index is 11.7. The van der Waals surface area contributed by atoms with E-state index in [1.54, 1.807) is 30.6 Å². The van der Waals surface area contributed by atoms with Gasteiger partial charge in [0.2, 0.25) is 0 Å². The molecule has 0 radical (unpaired) electrons. The fourth-order valence-electron chi connectivity index (χ4n) is 2.87. The third kappa shape index (κ3) is 2.31. The number of aromatic amines is 2. The molecule has 8 heteroatoms. The molecule has 4 N–H and O–H groups in total. The maximum atomic E-state index is 11.7. The number of carbonyl (C=O) groups excluding carboxylic acids is 2. The molecule has 4 aromatic rings. The molecule has 0 bridgehead atoms. The van der Waals surface area contributed by atoms with Crippen molar-refractivity contribution in [1.82, 2.24) is 20.2 Å². The third-order valence-corrected chi connectivity index (χ3v) is 4.07. The number of amides is 1. The Bertz CT molecular complexity index is 1140. The third-order valence-electron chi connectivity index (χ3n) is 4.07. The average Bonchev–Trinajstić information content (AvgIpc) is 3.26. The van der Waals surface area contributed by atoms with E-state index in [1.807, 2.05) is 6.07 Å². The van der Waals surface area contributed by atoms with E-state index in [4.69, 9.17) is 10.5 Å². The van der Waals surface area contributed by atoms with Crippen molar-refractivity contribution in [2.75, 3.05) is 7.11 Å². The van der Waals surface area contributed by atoms with Crippen LogP contribution in [0.5, 0.6) is 0 Å². The van der Waals surface area contributed by atoms with Crippen molar-refractivity contribution in [3.05, 3.63) is 47.9 Å². The van der Waals surface area contributed by atoms with Crippen molar-refractivity contribution in [1.29, 1.82) is 0 Å². The number of nitrogens with two attached hydrogens (primary N) is 1. The Labute approximate surface area is 141 Å². The van der Waals surface area contributed by atoms with E-state index in [0.717, 1.165) is 27.4 Å². The van der Waals surface area contributed by atoms with E-state index in [9.17, 15) is 9.59 Å². The van der Waals surface area contributed by atoms with Crippen LogP contribution in [0.15, 0.2) is 36.7 Å². The molecule has 25 heavy (non-hydrogen) atoms. The molecule has 0 unspecified atom stereocenters. The summed E-state index contributed by atoms with van der Waals surface area (Å²) in [6, 6.07) is 6.86. The van der Waals surface area contributed by atoms with Gasteiger partial charge in [-0.15, -0.1) is 0 Å². The monoisotopic (exact) mass is 335 g/mol. The topological polar surface area (TPSA) is 127 Å². The molecule has 8 nitrogen and oxygen atoms in total. The van der Waals surface area contributed by atoms with Crippen molar-refractivity contribution < 1.29 is 14.3 Å². The lowest BCUT2D eigenvalue weighted by Gasteiger charge is -2.05. The molecule has 3 aromatic heterocycles. The zero-order valence-corrected chi connectivity index (χ0v) is 13.2. The molecular formula is C17H13N5O3. The van der Waals surface area contributed by atoms with Crippen LogP contribution in [-0.4, -0.2) is 39.2 Å². The van der Waals surface area contributed by atoms with Gasteiger partial charge in [-0.05, 0) is 23.8 Å². The summed E-state index contributed by atoms with van der Waals surface area (Å²) in [6.45, 7) is 0. The number of ether oxygens (including phenoxy) is 1. The van der Waals surface area contributed by atoms with Gasteiger partial charge >= 0.3 is 5.97 Å². The summed E-state index contributed by atoms with van der Waals surface area (Å²) in [6.07, 6.45) is 3.45. The van der Waals surface area contributed by atoms with E-state index in [1.165, 1.54) is 7.11 Å². The van der Waals surface area contributed by atoms with Crippen LogP contribution >= 0.6 is 0 Å². The van der Waals surface area contributed by atoms with Crippen molar-refractivity contribution in [3.8, 4) is 11.1 Å². The number of benzene rings is 1. The number of hydrogen-bond donors (Lipinski definition) is 3. The quantitative estimate of drug-likeness (QED) is 0.493. The number of aromatic nitrogens is 4. The molecule has 0 aliphatic rings. The van der Waals surface area contributed by atoms with Gasteiger partial charge in [0.05, 0.1) is 18.9 Å². The highest BCUT2D eigenvalue weighted by molar-refractivity contribution is 6.07. The van der Waals surface area contributed by atoms with Crippen LogP contribution in [0.25, 0.3) is 33.1 Å². The molecule has 0 spiro atoms. The number of H-pyrrole nitrogens is 2. The van der Waals surface area contributed by atoms with E-state index in [2.05, 4.69) is 20.2 Å². The Morgan fingerprint density at radius 2 is 2.00 bits per heavy atom. The lowest BCUT2D eigenvalue weighted by atomic mass is 10.0. The van der Waals surface area contributed by atoms with Gasteiger partial charge in [0, 0.05) is 28.0 Å². The summed E-state index contributed by atoms with van der Waals surface area (Å²) in [4.78, 5) is 30.6. The van der Waals surface area contributed by atoms with Crippen molar-refractivity contribution >= 4 is 33.8 Å². The zero-order valence-electron chi connectivity index (χ0n) is 13.2. The van der Waals surface area contributed by atoms with Crippen LogP contribution in [0, 0.1) is 0 Å². The summed E-state index contributed by atoms with van der Waals surface area (Å²) in [7, 11) is 1.34. The highest BCUT2D eigenvalue weighted by Gasteiger charge is 2.16. The summed E-state index contributed by atoms with van der Waals surface area (Å²) in [5, 5.41) is 8.40. The van der Waals surface area contributed by atoms with Crippen molar-refractivity contribution in [2.24, 2.45) is 5.73 Å². The van der Waals surface area contributed by atoms with Crippen LogP contribution in [0.3, 0.4) is 0 Å². The lowest BCUT2D eigenvalue weighted by Crippen LogP contribution is -2.13. The number of nitrogens with one attached hydrogen (secondary N) is 2. The number of methoxy groups -OCH3 is 1. The summed E-state index contributed by atoms with van der Waals surface area (Å²) in [5.74, 6) is -1.03. The minimum absolute atomic E-state index is 0.146. The molecule has 3 heterocycles. The van der Waals surface area contributed by atoms with Crippen LogP contribution in [0.2, 0.25) is 0 Å². The van der Waals surface area contributed by atoms with Gasteiger partial charge in [-0.3, -0.25) is 9.89 Å². The van der Waals surface area contributed by atoms with Crippen molar-refractivity contribution in [2.45, 2.75) is 0 Å². The van der Waals surface area contributed by atoms with Gasteiger partial charge in [-0.2, -0.15) is 5.10 Å². The Morgan fingerprint density at radius 3 is 2.76 bits per heavy atom. The van der Waals surface area contributed by atoms with E-state index in [0.29, 0.717) is 11.2 Å². The van der Waals surface area contributed by atoms with Crippen LogP contribution in [-0.2, 0) is 4.74 Å². The molecular weight excluding hydrogens is 322 g/mol. The number of carbonyl (C=O) groups is 2. The van der Waals surface area contributed by atoms with E-state index in [-0.39, 0.29) is 5.69 Å². The normalized spacial score (nSPS) is 11.1. The Kier molecular flexibility index (Phi) is 3.24. The molecule has 4 rings (SSSR count). The Hall–Kier alpha value is -3.68. The minimum Gasteiger partial charge on any atom is -0.465 e. The molecule has 0 aliphatic carbocycles. The first-order chi connectivity index (χ1) is 12.1. The van der Waals surface area contributed by atoms with Gasteiger partial charge in [-0.25, -0.2) is 9.78 Å². The predicted molar refractivity (Wildman–Crippen MR) is 91.0 cm³/mol. The molecule has 0 fully saturated rings. The second-order valence-electron chi connectivity index (χ2n) is 5.51. The van der Waals surface area contributed by atoms with Crippen LogP contribution < -0.4 is 5.73 Å². The molecule has 124 valence electrons. The second kappa shape index (κ2) is 5.45. The van der Waals surface area contributed by atoms with E-state index >= 15 is 0 Å². The zero-order chi connectivity index (χ0) is 17.6. The first kappa shape index (κ1) is 14.9. The Balaban J connectivity index is 1.96. The van der Waals surface area contributed by atoms with Gasteiger partial charge in [0.25, 0.3) is 5.91 Å². The predicted octanol–water partition coefficient (Wildman–Crippen LogP) is 1.99. The number of esters is 1. The summed E-state index contributed by atoms with van der Waals surface area (Å²) in [5.41, 5.74) is 8.84. The number of primary amides is 1. The van der Waals surface area contributed by atoms with Gasteiger partial charge < -0.3 is 15.5 Å². The second-order valence-corrected chi connectivity index (χ2v) is 5.51. The Morgan fingerprint density at radius 1 is 1.16 bits per heavy atom. The maximum Gasteiger partial charge on any atom is 0.337 e. The lowest BCUT2D eigenvalue weighted by molar-refractivity contribution is 0.0600. The fraction of sp³-hybridized carbons (Fsp3) is 0.0588. The smallest absolute Gasteiger partial charge is 0.337 e. The standard InChI is InChI=1S/C17H13N5O3/c1-25-17(24)8-2-3-9-11(6-19-13(9)4-8)10-5-14(15(18)23)21-16-12(10)7-20-22-16/h2-7,19H,1H3,(H2,18,23)(H,20,21,22). The summed E-state index contributed by atoms with van der Waals surface area (Å²) >= 11 is 0. The number of fused-ring (bicyclic) bond motifs is 2. The van der Waals surface area contributed by atoms with Crippen LogP contribution in [0.4, 0.5) is 0 Å². The first-order valence-electron chi connectivity index (χ1n) is 7.42. The average molecular weight is 335 g/mol. The number of pyridine rings is 1. The first-order valence-corrected chi connectivity index (χ1v) is 7.42. The number of hydrogen-bond acceptors (Lipinski definition) is 5. The fourth-order valence-corrected chi connectivity index (χ4v) is 2.87. The minimum atomic E-state index is -0.620. The molecule has 0 saturated heterocycles. The molecule has 1 amide bonds. The van der Waals surface area contributed by atoms with Crippen molar-refractivity contribution in [3.63, 3.8) is 0 Å². The highest BCUT2D eigenvalue weighted by Crippen LogP contribution is 2.33. The van der Waals surface area contributed by atoms with E-state index < -0.39 is 11.9 Å². The SMILES string of the molecule is COC(=O)c1ccc2c(-c3cc(C(N)=O)nc4[nH]ncc34)c[nH]c2c1. The number of nitrogens with zero attached hydrogens (tertiary/aromatic N) is 2. The number of rotatable bonds is 3. The largest absolute Gasteiger partial charge is 0.465 e. The molecule has 1 aromatic carbocycles. The molecule has 0 saturated carbocycles. The molecule has 0 aliphatic heterocycles. The van der Waals surface area contributed by atoms with Gasteiger partial charge in [-0.1, -0.05) is 6.07 Å².